The first-order valence-corrected chi connectivity index (χ1v) is 14.7. The van der Waals surface area contributed by atoms with E-state index in [2.05, 4.69) is 141 Å². The molecule has 0 fully saturated rings. The van der Waals surface area contributed by atoms with Crippen LogP contribution in [0.3, 0.4) is 0 Å². The van der Waals surface area contributed by atoms with Gasteiger partial charge in [-0.15, -0.1) is 0 Å². The number of hydrogen-bond donors (Lipinski definition) is 2. The summed E-state index contributed by atoms with van der Waals surface area (Å²) in [4.78, 5) is 0. The molecule has 2 N–H and O–H groups in total. The second kappa shape index (κ2) is 14.3. The minimum absolute atomic E-state index is 0. The normalized spacial score (nSPS) is 13.5. The molecule has 0 radical (unpaired) electrons. The second-order valence-electron chi connectivity index (χ2n) is 12.6. The van der Waals surface area contributed by atoms with Gasteiger partial charge in [0, 0.05) is 41.5 Å². The van der Waals surface area contributed by atoms with Gasteiger partial charge >= 0.3 is 38.8 Å². The molecule has 0 saturated heterocycles. The summed E-state index contributed by atoms with van der Waals surface area (Å²) < 4.78 is 7.25. The fourth-order valence-electron chi connectivity index (χ4n) is 2.67. The quantitative estimate of drug-likeness (QED) is 0.390. The standard InChI is InChI=1S/2C14H23N2P.Mg/c2*1-13(2,3)15-17(16-14(4,5)6)12-10-8-7-9-11-12;/h2*7-11H,1-6H3;/q;;+2/p+2. The van der Waals surface area contributed by atoms with Gasteiger partial charge < -0.3 is 10.2 Å². The molecule has 2 rings (SSSR count). The van der Waals surface area contributed by atoms with E-state index in [1.807, 2.05) is 12.1 Å². The van der Waals surface area contributed by atoms with Crippen LogP contribution in [0.2, 0.25) is 0 Å². The summed E-state index contributed by atoms with van der Waals surface area (Å²) in [5, 5.41) is 12.4. The Morgan fingerprint density at radius 2 is 0.743 bits per heavy atom. The van der Waals surface area contributed by atoms with Crippen molar-refractivity contribution in [1.29, 1.82) is 0 Å². The van der Waals surface area contributed by atoms with Crippen molar-refractivity contribution >= 4 is 49.4 Å². The van der Waals surface area contributed by atoms with Gasteiger partial charge in [-0.1, -0.05) is 98.5 Å². The Kier molecular flexibility index (Phi) is 14.0. The largest absolute Gasteiger partial charge is 2.00 e. The molecule has 0 saturated carbocycles. The SMILES string of the molecule is CC(C)(C)[N-][P+](=[NH+]C(C)(C)C)c1ccccc1.CC(C)(C)[N-][P+](=[NH+]C(C)(C)C)c1ccccc1.[Mg+2]. The summed E-state index contributed by atoms with van der Waals surface area (Å²) in [6.07, 6.45) is 0. The zero-order valence-corrected chi connectivity index (χ0v) is 27.5. The van der Waals surface area contributed by atoms with Crippen molar-refractivity contribution in [3.8, 4) is 0 Å². The Bertz CT molecular complexity index is 852. The second-order valence-corrected chi connectivity index (χ2v) is 15.7. The molecule has 4 nitrogen and oxygen atoms in total. The van der Waals surface area contributed by atoms with Crippen molar-refractivity contribution < 1.29 is 9.49 Å². The van der Waals surface area contributed by atoms with E-state index in [1.54, 1.807) is 0 Å². The molecule has 7 heteroatoms. The fourth-order valence-corrected chi connectivity index (χ4v) is 6.64. The first-order valence-electron chi connectivity index (χ1n) is 12.1. The van der Waals surface area contributed by atoms with E-state index in [-0.39, 0.29) is 45.2 Å². The topological polar surface area (TPSA) is 56.1 Å². The van der Waals surface area contributed by atoms with Crippen LogP contribution >= 0.6 is 15.7 Å². The maximum Gasteiger partial charge on any atom is 2.00 e. The average Bonchev–Trinajstić information content (AvgIpc) is 2.64. The van der Waals surface area contributed by atoms with E-state index in [0.29, 0.717) is 0 Å². The average molecular weight is 527 g/mol. The molecule has 0 aromatic heterocycles. The zero-order chi connectivity index (χ0) is 26.2. The van der Waals surface area contributed by atoms with Gasteiger partial charge in [0.15, 0.2) is 21.7 Å². The Morgan fingerprint density at radius 3 is 0.943 bits per heavy atom. The van der Waals surface area contributed by atoms with Gasteiger partial charge in [0.2, 0.25) is 0 Å². The van der Waals surface area contributed by atoms with Crippen LogP contribution in [0.5, 0.6) is 0 Å². The van der Waals surface area contributed by atoms with Crippen molar-refractivity contribution in [2.45, 2.75) is 105 Å². The van der Waals surface area contributed by atoms with E-state index >= 15 is 0 Å². The van der Waals surface area contributed by atoms with Crippen LogP contribution in [0.15, 0.2) is 60.7 Å². The van der Waals surface area contributed by atoms with E-state index in [4.69, 9.17) is 10.2 Å². The predicted octanol–water partition coefficient (Wildman–Crippen LogP) is 5.51. The third-order valence-corrected chi connectivity index (χ3v) is 8.62. The van der Waals surface area contributed by atoms with Gasteiger partial charge in [-0.25, -0.2) is 0 Å². The van der Waals surface area contributed by atoms with Gasteiger partial charge in [-0.2, -0.15) is 0 Å². The molecular formula is C28H48MgN4P2+4. The molecule has 0 aliphatic carbocycles. The monoisotopic (exact) mass is 526 g/mol. The van der Waals surface area contributed by atoms with Crippen LogP contribution in [0.1, 0.15) is 83.1 Å². The van der Waals surface area contributed by atoms with Crippen LogP contribution in [-0.2, 0) is 0 Å². The van der Waals surface area contributed by atoms with Gasteiger partial charge in [-0.3, -0.25) is 0 Å². The number of nitrogens with one attached hydrogen (secondary N) is 2. The molecule has 2 atom stereocenters. The van der Waals surface area contributed by atoms with Crippen molar-refractivity contribution in [2.24, 2.45) is 0 Å². The van der Waals surface area contributed by atoms with Crippen molar-refractivity contribution in [3.05, 3.63) is 70.8 Å². The van der Waals surface area contributed by atoms with E-state index in [1.165, 1.54) is 10.6 Å². The maximum absolute atomic E-state index is 4.92. The number of nitrogens with zero attached hydrogens (tertiary/aromatic N) is 2. The Morgan fingerprint density at radius 1 is 0.486 bits per heavy atom. The molecule has 0 amide bonds. The number of benzene rings is 2. The summed E-state index contributed by atoms with van der Waals surface area (Å²) >= 11 is 0. The minimum Gasteiger partial charge on any atom is -0.373 e. The summed E-state index contributed by atoms with van der Waals surface area (Å²) in [5.41, 5.74) is 0.131. The van der Waals surface area contributed by atoms with Crippen molar-refractivity contribution in [3.63, 3.8) is 0 Å². The van der Waals surface area contributed by atoms with Gasteiger partial charge in [0.05, 0.1) is 0 Å². The van der Waals surface area contributed by atoms with Gasteiger partial charge in [0.1, 0.15) is 0 Å². The molecule has 2 unspecified atom stereocenters. The molecule has 188 valence electrons. The summed E-state index contributed by atoms with van der Waals surface area (Å²) in [6.45, 7) is 26.0. The summed E-state index contributed by atoms with van der Waals surface area (Å²) in [6, 6.07) is 21.0. The Balaban J connectivity index is 0.000000642. The molecule has 35 heavy (non-hydrogen) atoms. The van der Waals surface area contributed by atoms with Crippen LogP contribution in [0, 0.1) is 0 Å². The predicted molar refractivity (Wildman–Crippen MR) is 159 cm³/mol. The third-order valence-electron chi connectivity index (χ3n) is 3.68. The fraction of sp³-hybridized carbons (Fsp3) is 0.571. The van der Waals surface area contributed by atoms with E-state index < -0.39 is 15.7 Å². The molecule has 0 aliphatic rings. The van der Waals surface area contributed by atoms with Crippen LogP contribution in [-0.4, -0.2) is 45.2 Å². The van der Waals surface area contributed by atoms with Gasteiger partial charge in [0.25, 0.3) is 0 Å². The first-order chi connectivity index (χ1) is 15.3. The van der Waals surface area contributed by atoms with Crippen LogP contribution in [0.4, 0.5) is 0 Å². The molecule has 2 aromatic carbocycles. The first kappa shape index (κ1) is 34.3. The minimum atomic E-state index is -0.657. The van der Waals surface area contributed by atoms with E-state index in [0.717, 1.165) is 0 Å². The maximum atomic E-state index is 4.92. The van der Waals surface area contributed by atoms with Crippen molar-refractivity contribution in [2.75, 3.05) is 0 Å². The third kappa shape index (κ3) is 17.4. The summed E-state index contributed by atoms with van der Waals surface area (Å²) in [7, 11) is -1.31. The van der Waals surface area contributed by atoms with E-state index in [9.17, 15) is 0 Å². The molecular weight excluding hydrogens is 479 g/mol. The zero-order valence-electron chi connectivity index (χ0n) is 24.3. The van der Waals surface area contributed by atoms with Gasteiger partial charge in [-0.05, 0) is 24.3 Å². The molecule has 0 heterocycles. The number of hydrogen-bond acceptors (Lipinski definition) is 0. The smallest absolute Gasteiger partial charge is 0.373 e. The van der Waals surface area contributed by atoms with Crippen molar-refractivity contribution in [1.82, 2.24) is 0 Å². The molecule has 0 bridgehead atoms. The van der Waals surface area contributed by atoms with Crippen LogP contribution in [0.25, 0.3) is 10.2 Å². The Labute approximate surface area is 234 Å². The molecule has 0 aliphatic heterocycles. The van der Waals surface area contributed by atoms with Crippen LogP contribution < -0.4 is 20.1 Å². The summed E-state index contributed by atoms with van der Waals surface area (Å²) in [5.74, 6) is 0. The molecule has 2 aromatic rings. The Hall–Kier alpha value is -0.674. The number of rotatable bonds is 4. The molecule has 0 spiro atoms.